The third kappa shape index (κ3) is 2.18. The van der Waals surface area contributed by atoms with E-state index in [0.717, 1.165) is 25.1 Å². The number of halogens is 1. The normalized spacial score (nSPS) is 13.8. The van der Waals surface area contributed by atoms with Crippen molar-refractivity contribution >= 4 is 23.0 Å². The Morgan fingerprint density at radius 2 is 1.95 bits per heavy atom. The van der Waals surface area contributed by atoms with Gasteiger partial charge in [0.1, 0.15) is 0 Å². The fourth-order valence-electron chi connectivity index (χ4n) is 2.58. The highest BCUT2D eigenvalue weighted by atomic mass is 35.5. The lowest BCUT2D eigenvalue weighted by atomic mass is 10.0. The van der Waals surface area contributed by atoms with Crippen LogP contribution in [-0.2, 0) is 6.42 Å². The van der Waals surface area contributed by atoms with Crippen LogP contribution in [-0.4, -0.2) is 6.54 Å². The Kier molecular flexibility index (Phi) is 3.15. The fourth-order valence-corrected chi connectivity index (χ4v) is 2.86. The summed E-state index contributed by atoms with van der Waals surface area (Å²) in [4.78, 5) is 2.24. The number of hydrogen-bond donors (Lipinski definition) is 0. The minimum absolute atomic E-state index is 0.596. The number of aryl methyl sites for hydroxylation is 1. The zero-order valence-electron chi connectivity index (χ0n) is 10.4. The van der Waals surface area contributed by atoms with Crippen molar-refractivity contribution in [3.8, 4) is 6.07 Å². The molecule has 19 heavy (non-hydrogen) atoms. The van der Waals surface area contributed by atoms with Gasteiger partial charge in [-0.2, -0.15) is 5.26 Å². The van der Waals surface area contributed by atoms with Crippen LogP contribution in [0.3, 0.4) is 0 Å². The molecule has 0 saturated carbocycles. The summed E-state index contributed by atoms with van der Waals surface area (Å²) in [5.74, 6) is 0. The second-order valence-corrected chi connectivity index (χ2v) is 5.07. The van der Waals surface area contributed by atoms with E-state index in [1.54, 1.807) is 6.07 Å². The van der Waals surface area contributed by atoms with E-state index in [4.69, 9.17) is 16.9 Å². The first-order valence-corrected chi connectivity index (χ1v) is 6.72. The van der Waals surface area contributed by atoms with E-state index >= 15 is 0 Å². The number of para-hydroxylation sites is 1. The van der Waals surface area contributed by atoms with Crippen LogP contribution in [0, 0.1) is 11.3 Å². The predicted octanol–water partition coefficient (Wildman–Crippen LogP) is 4.30. The van der Waals surface area contributed by atoms with Gasteiger partial charge in [-0.3, -0.25) is 0 Å². The van der Waals surface area contributed by atoms with Crippen LogP contribution < -0.4 is 4.90 Å². The predicted molar refractivity (Wildman–Crippen MR) is 77.9 cm³/mol. The maximum Gasteiger partial charge on any atom is 0.0992 e. The third-order valence-corrected chi connectivity index (χ3v) is 3.78. The maximum atomic E-state index is 8.90. The van der Waals surface area contributed by atoms with E-state index in [9.17, 15) is 0 Å². The van der Waals surface area contributed by atoms with Gasteiger partial charge in [-0.15, -0.1) is 0 Å². The molecule has 2 aromatic carbocycles. The highest BCUT2D eigenvalue weighted by Gasteiger charge is 2.19. The van der Waals surface area contributed by atoms with Crippen molar-refractivity contribution < 1.29 is 0 Å². The maximum absolute atomic E-state index is 8.90. The Labute approximate surface area is 117 Å². The van der Waals surface area contributed by atoms with Crippen molar-refractivity contribution in [2.45, 2.75) is 12.8 Å². The lowest BCUT2D eigenvalue weighted by Crippen LogP contribution is -2.24. The smallest absolute Gasteiger partial charge is 0.0992 e. The van der Waals surface area contributed by atoms with E-state index in [1.165, 1.54) is 11.3 Å². The van der Waals surface area contributed by atoms with Gasteiger partial charge in [0, 0.05) is 12.2 Å². The Morgan fingerprint density at radius 3 is 2.74 bits per heavy atom. The fraction of sp³-hybridized carbons (Fsp3) is 0.188. The summed E-state index contributed by atoms with van der Waals surface area (Å²) >= 11 is 6.32. The first-order valence-electron chi connectivity index (χ1n) is 6.34. The van der Waals surface area contributed by atoms with Gasteiger partial charge in [-0.25, -0.2) is 0 Å². The van der Waals surface area contributed by atoms with Crippen molar-refractivity contribution in [3.05, 3.63) is 58.6 Å². The van der Waals surface area contributed by atoms with Gasteiger partial charge < -0.3 is 4.90 Å². The lowest BCUT2D eigenvalue weighted by Gasteiger charge is -2.32. The number of fused-ring (bicyclic) bond motifs is 1. The molecule has 1 heterocycles. The summed E-state index contributed by atoms with van der Waals surface area (Å²) in [5, 5.41) is 9.53. The highest BCUT2D eigenvalue weighted by Crippen LogP contribution is 2.37. The van der Waals surface area contributed by atoms with Crippen molar-refractivity contribution in [1.29, 1.82) is 5.26 Å². The van der Waals surface area contributed by atoms with Gasteiger partial charge in [0.15, 0.2) is 0 Å². The summed E-state index contributed by atoms with van der Waals surface area (Å²) in [6, 6.07) is 16.0. The van der Waals surface area contributed by atoms with Crippen molar-refractivity contribution in [1.82, 2.24) is 0 Å². The minimum atomic E-state index is 0.596. The molecule has 0 fully saturated rings. The molecule has 0 radical (unpaired) electrons. The number of rotatable bonds is 1. The van der Waals surface area contributed by atoms with E-state index in [2.05, 4.69) is 35.2 Å². The zero-order valence-corrected chi connectivity index (χ0v) is 11.2. The molecule has 0 bridgehead atoms. The second kappa shape index (κ2) is 4.95. The van der Waals surface area contributed by atoms with E-state index in [0.29, 0.717) is 10.6 Å². The quantitative estimate of drug-likeness (QED) is 0.771. The van der Waals surface area contributed by atoms with Gasteiger partial charge in [0.05, 0.1) is 22.3 Å². The van der Waals surface area contributed by atoms with Crippen LogP contribution in [0.4, 0.5) is 11.4 Å². The molecule has 0 N–H and O–H groups in total. The molecule has 0 aromatic heterocycles. The van der Waals surface area contributed by atoms with Crippen LogP contribution >= 0.6 is 11.6 Å². The van der Waals surface area contributed by atoms with Crippen LogP contribution in [0.15, 0.2) is 42.5 Å². The molecule has 0 saturated heterocycles. The first-order chi connectivity index (χ1) is 9.29. The lowest BCUT2D eigenvalue weighted by molar-refractivity contribution is 0.767. The van der Waals surface area contributed by atoms with Gasteiger partial charge in [0.2, 0.25) is 0 Å². The molecule has 0 atom stereocenters. The molecule has 2 nitrogen and oxygen atoms in total. The monoisotopic (exact) mass is 268 g/mol. The molecule has 1 aliphatic heterocycles. The summed E-state index contributed by atoms with van der Waals surface area (Å²) in [6.07, 6.45) is 2.23. The van der Waals surface area contributed by atoms with Gasteiger partial charge in [-0.1, -0.05) is 29.8 Å². The molecule has 2 aromatic rings. The van der Waals surface area contributed by atoms with Crippen LogP contribution in [0.1, 0.15) is 17.5 Å². The number of hydrogen-bond acceptors (Lipinski definition) is 2. The van der Waals surface area contributed by atoms with E-state index in [1.807, 2.05) is 12.1 Å². The number of nitriles is 1. The zero-order chi connectivity index (χ0) is 13.2. The van der Waals surface area contributed by atoms with Crippen LogP contribution in [0.25, 0.3) is 0 Å². The highest BCUT2D eigenvalue weighted by molar-refractivity contribution is 6.33. The topological polar surface area (TPSA) is 27.0 Å². The number of benzene rings is 2. The summed E-state index contributed by atoms with van der Waals surface area (Å²) in [5.41, 5.74) is 4.15. The second-order valence-electron chi connectivity index (χ2n) is 4.66. The van der Waals surface area contributed by atoms with E-state index in [-0.39, 0.29) is 0 Å². The van der Waals surface area contributed by atoms with Crippen LogP contribution in [0.5, 0.6) is 0 Å². The Morgan fingerprint density at radius 1 is 1.11 bits per heavy atom. The van der Waals surface area contributed by atoms with Crippen LogP contribution in [0.2, 0.25) is 5.02 Å². The number of anilines is 2. The molecular formula is C16H13ClN2. The largest absolute Gasteiger partial charge is 0.340 e. The average Bonchev–Trinajstić information content (AvgIpc) is 2.46. The molecule has 3 heteroatoms. The van der Waals surface area contributed by atoms with Crippen molar-refractivity contribution in [2.24, 2.45) is 0 Å². The summed E-state index contributed by atoms with van der Waals surface area (Å²) in [6.45, 7) is 0.961. The SMILES string of the molecule is N#Cc1ccc(N2CCCc3ccccc32)c(Cl)c1. The molecule has 0 unspecified atom stereocenters. The molecule has 94 valence electrons. The van der Waals surface area contributed by atoms with E-state index < -0.39 is 0 Å². The standard InChI is InChI=1S/C16H13ClN2/c17-14-10-12(11-18)7-8-16(14)19-9-3-5-13-4-1-2-6-15(13)19/h1-2,4,6-8,10H,3,5,9H2. The van der Waals surface area contributed by atoms with Crippen molar-refractivity contribution in [2.75, 3.05) is 11.4 Å². The molecule has 0 aliphatic carbocycles. The molecule has 1 aliphatic rings. The molecular weight excluding hydrogens is 256 g/mol. The first kappa shape index (κ1) is 12.1. The van der Waals surface area contributed by atoms with Gasteiger partial charge in [0.25, 0.3) is 0 Å². The van der Waals surface area contributed by atoms with Gasteiger partial charge in [-0.05, 0) is 42.7 Å². The average molecular weight is 269 g/mol. The Balaban J connectivity index is 2.07. The Bertz CT molecular complexity index is 658. The third-order valence-electron chi connectivity index (χ3n) is 3.48. The molecule has 0 spiro atoms. The molecule has 0 amide bonds. The summed E-state index contributed by atoms with van der Waals surface area (Å²) in [7, 11) is 0. The number of nitrogens with zero attached hydrogens (tertiary/aromatic N) is 2. The molecule has 3 rings (SSSR count). The van der Waals surface area contributed by atoms with Gasteiger partial charge >= 0.3 is 0 Å². The Hall–Kier alpha value is -1.98. The van der Waals surface area contributed by atoms with Crippen molar-refractivity contribution in [3.63, 3.8) is 0 Å². The minimum Gasteiger partial charge on any atom is -0.340 e. The summed E-state index contributed by atoms with van der Waals surface area (Å²) < 4.78 is 0.